The van der Waals surface area contributed by atoms with Crippen LogP contribution in [-0.4, -0.2) is 93.5 Å². The molecule has 0 aliphatic rings. The summed E-state index contributed by atoms with van der Waals surface area (Å²) >= 11 is 0. The lowest BCUT2D eigenvalue weighted by molar-refractivity contribution is -0.162. The van der Waals surface area contributed by atoms with Gasteiger partial charge in [-0.3, -0.25) is 24.0 Å². The number of rotatable bonds is 40. The van der Waals surface area contributed by atoms with Gasteiger partial charge >= 0.3 is 17.9 Å². The molecular weight excluding hydrogens is 829 g/mol. The number of ether oxygens (including phenoxy) is 7. The Morgan fingerprint density at radius 1 is 0.462 bits per heavy atom. The lowest BCUT2D eigenvalue weighted by atomic mass is 9.95. The van der Waals surface area contributed by atoms with E-state index in [1.54, 1.807) is 20.8 Å². The molecule has 0 heterocycles. The third-order valence-electron chi connectivity index (χ3n) is 10.1. The Morgan fingerprint density at radius 3 is 1.43 bits per heavy atom. The van der Waals surface area contributed by atoms with Gasteiger partial charge in [-0.15, -0.1) is 0 Å². The summed E-state index contributed by atoms with van der Waals surface area (Å²) < 4.78 is 37.2. The molecule has 0 aromatic heterocycles. The van der Waals surface area contributed by atoms with Crippen molar-refractivity contribution in [2.75, 3.05) is 52.9 Å². The number of hydrogen-bond donors (Lipinski definition) is 0. The average Bonchev–Trinajstić information content (AvgIpc) is 3.24. The maximum atomic E-state index is 12.6. The third kappa shape index (κ3) is 44.4. The first kappa shape index (κ1) is 61.8. The molecule has 1 aromatic rings. The molecule has 1 unspecified atom stereocenters. The van der Waals surface area contributed by atoms with Gasteiger partial charge < -0.3 is 33.2 Å². The minimum Gasteiger partial charge on any atom is -0.461 e. The summed E-state index contributed by atoms with van der Waals surface area (Å²) in [5.41, 5.74) is -0.147. The van der Waals surface area contributed by atoms with Crippen LogP contribution >= 0.6 is 0 Å². The smallest absolute Gasteiger partial charge is 0.309 e. The number of esters is 3. The van der Waals surface area contributed by atoms with E-state index in [0.29, 0.717) is 58.3 Å². The summed E-state index contributed by atoms with van der Waals surface area (Å²) in [7, 11) is 0. The maximum absolute atomic E-state index is 12.6. The normalized spacial score (nSPS) is 11.9. The first-order valence-corrected chi connectivity index (χ1v) is 25.0. The molecule has 0 aliphatic heterocycles. The van der Waals surface area contributed by atoms with Gasteiger partial charge in [-0.1, -0.05) is 107 Å². The van der Waals surface area contributed by atoms with Gasteiger partial charge in [-0.05, 0) is 86.6 Å². The van der Waals surface area contributed by atoms with E-state index in [0.717, 1.165) is 44.3 Å². The summed E-state index contributed by atoms with van der Waals surface area (Å²) in [5, 5.41) is 0. The van der Waals surface area contributed by atoms with E-state index in [2.05, 4.69) is 0 Å². The van der Waals surface area contributed by atoms with Gasteiger partial charge in [0.25, 0.3) is 0 Å². The molecule has 12 heteroatoms. The number of carbonyl (C=O) groups excluding carboxylic acids is 5. The van der Waals surface area contributed by atoms with Gasteiger partial charge in [0.05, 0.1) is 39.0 Å². The molecule has 65 heavy (non-hydrogen) atoms. The van der Waals surface area contributed by atoms with Gasteiger partial charge in [-0.25, -0.2) is 0 Å². The van der Waals surface area contributed by atoms with Crippen molar-refractivity contribution in [3.63, 3.8) is 0 Å². The lowest BCUT2D eigenvalue weighted by Gasteiger charge is -2.23. The Hall–Kier alpha value is -3.19. The minimum atomic E-state index is -0.695. The molecule has 0 fully saturated rings. The Balaban J connectivity index is 0.00000126. The van der Waals surface area contributed by atoms with E-state index in [1.807, 2.05) is 65.0 Å². The fourth-order valence-electron chi connectivity index (χ4n) is 6.68. The fraction of sp³-hybridized carbons (Fsp3) is 0.792. The van der Waals surface area contributed by atoms with Gasteiger partial charge in [0.15, 0.2) is 0 Å². The SMILES string of the molecule is CCOCCOCCC(=O)CC(CCC(=O)OCc1ccccc1)C(=O)OC(C)(C)C.CCOCCOCCCC(=O)CCCCCCCCCCCCCCCCC(=O)OC(C)(C)C. The van der Waals surface area contributed by atoms with Crippen LogP contribution in [0.4, 0.5) is 0 Å². The first-order valence-electron chi connectivity index (χ1n) is 25.0. The lowest BCUT2D eigenvalue weighted by Crippen LogP contribution is -2.30. The largest absolute Gasteiger partial charge is 0.461 e. The molecule has 0 saturated heterocycles. The number of Topliss-reactive ketones (excluding diaryl/α,β-unsaturated/α-hetero) is 2. The molecule has 0 N–H and O–H groups in total. The molecule has 0 spiro atoms. The second-order valence-electron chi connectivity index (χ2n) is 18.7. The van der Waals surface area contributed by atoms with Crippen molar-refractivity contribution in [3.8, 4) is 0 Å². The van der Waals surface area contributed by atoms with Gasteiger partial charge in [0, 0.05) is 58.3 Å². The standard InChI is InChI=1S/C29H56O5.C24H36O7/c1-5-32-25-26-33-24-20-22-27(30)21-18-16-14-12-10-8-6-7-9-11-13-15-17-19-23-28(31)34-29(2,3)4;1-5-28-15-16-29-14-13-21(25)17-20(23(27)31-24(2,3)4)11-12-22(26)30-18-19-9-7-6-8-10-19/h5-26H2,1-4H3;6-10,20H,5,11-18H2,1-4H3. The molecule has 376 valence electrons. The Labute approximate surface area is 394 Å². The zero-order chi connectivity index (χ0) is 48.4. The van der Waals surface area contributed by atoms with Crippen LogP contribution in [0.5, 0.6) is 0 Å². The molecule has 0 radical (unpaired) electrons. The molecule has 12 nitrogen and oxygen atoms in total. The summed E-state index contributed by atoms with van der Waals surface area (Å²) in [6.07, 6.45) is 20.6. The van der Waals surface area contributed by atoms with Crippen LogP contribution in [0.15, 0.2) is 30.3 Å². The molecule has 1 aromatic carbocycles. The van der Waals surface area contributed by atoms with E-state index < -0.39 is 23.5 Å². The van der Waals surface area contributed by atoms with Crippen LogP contribution in [-0.2, 0) is 63.7 Å². The van der Waals surface area contributed by atoms with Crippen LogP contribution in [0, 0.1) is 5.92 Å². The van der Waals surface area contributed by atoms with Crippen LogP contribution in [0.3, 0.4) is 0 Å². The second kappa shape index (κ2) is 41.0. The molecule has 0 aliphatic carbocycles. The fourth-order valence-corrected chi connectivity index (χ4v) is 6.68. The molecule has 1 atom stereocenters. The first-order chi connectivity index (χ1) is 31.1. The van der Waals surface area contributed by atoms with Crippen LogP contribution in [0.2, 0.25) is 0 Å². The van der Waals surface area contributed by atoms with Crippen molar-refractivity contribution in [2.45, 2.75) is 214 Å². The topological polar surface area (TPSA) is 150 Å². The summed E-state index contributed by atoms with van der Waals surface area (Å²) in [4.78, 5) is 60.6. The summed E-state index contributed by atoms with van der Waals surface area (Å²) in [5.74, 6) is -1.37. The van der Waals surface area contributed by atoms with Gasteiger partial charge in [0.2, 0.25) is 0 Å². The molecular formula is C53H92O12. The molecule has 0 amide bonds. The van der Waals surface area contributed by atoms with Crippen molar-refractivity contribution < 1.29 is 57.1 Å². The molecule has 0 saturated carbocycles. The van der Waals surface area contributed by atoms with Crippen molar-refractivity contribution in [1.82, 2.24) is 0 Å². The predicted octanol–water partition coefficient (Wildman–Crippen LogP) is 11.8. The predicted molar refractivity (Wildman–Crippen MR) is 258 cm³/mol. The van der Waals surface area contributed by atoms with E-state index in [9.17, 15) is 24.0 Å². The maximum Gasteiger partial charge on any atom is 0.309 e. The van der Waals surface area contributed by atoms with Crippen molar-refractivity contribution in [3.05, 3.63) is 35.9 Å². The van der Waals surface area contributed by atoms with E-state index in [-0.39, 0.29) is 56.3 Å². The van der Waals surface area contributed by atoms with Crippen molar-refractivity contribution >= 4 is 29.5 Å². The van der Waals surface area contributed by atoms with Gasteiger partial charge in [-0.2, -0.15) is 0 Å². The second-order valence-corrected chi connectivity index (χ2v) is 18.7. The van der Waals surface area contributed by atoms with Crippen LogP contribution in [0.25, 0.3) is 0 Å². The van der Waals surface area contributed by atoms with Crippen LogP contribution < -0.4 is 0 Å². The quantitative estimate of drug-likeness (QED) is 0.0350. The van der Waals surface area contributed by atoms with Crippen molar-refractivity contribution in [1.29, 1.82) is 0 Å². The number of ketones is 2. The molecule has 1 rings (SSSR count). The molecule has 0 bridgehead atoms. The number of benzene rings is 1. The van der Waals surface area contributed by atoms with E-state index >= 15 is 0 Å². The summed E-state index contributed by atoms with van der Waals surface area (Å²) in [6.45, 7) is 19.6. The average molecular weight is 921 g/mol. The number of hydrogen-bond acceptors (Lipinski definition) is 12. The highest BCUT2D eigenvalue weighted by Crippen LogP contribution is 2.21. The Kier molecular flexibility index (Phi) is 39.0. The minimum absolute atomic E-state index is 0.00962. The van der Waals surface area contributed by atoms with E-state index in [1.165, 1.54) is 70.6 Å². The third-order valence-corrected chi connectivity index (χ3v) is 10.1. The van der Waals surface area contributed by atoms with Crippen LogP contribution in [0.1, 0.15) is 202 Å². The van der Waals surface area contributed by atoms with Crippen molar-refractivity contribution in [2.24, 2.45) is 5.92 Å². The monoisotopic (exact) mass is 921 g/mol. The summed E-state index contributed by atoms with van der Waals surface area (Å²) in [6, 6.07) is 9.36. The highest BCUT2D eigenvalue weighted by atomic mass is 16.6. The van der Waals surface area contributed by atoms with E-state index in [4.69, 9.17) is 33.2 Å². The zero-order valence-corrected chi connectivity index (χ0v) is 42.3. The highest BCUT2D eigenvalue weighted by Gasteiger charge is 2.28. The highest BCUT2D eigenvalue weighted by molar-refractivity contribution is 5.85. The number of carbonyl (C=O) groups is 5. The Morgan fingerprint density at radius 2 is 0.923 bits per heavy atom. The zero-order valence-electron chi connectivity index (χ0n) is 42.3. The van der Waals surface area contributed by atoms with Gasteiger partial charge in [0.1, 0.15) is 29.4 Å². The number of unbranched alkanes of at least 4 members (excludes halogenated alkanes) is 13. The Bertz CT molecular complexity index is 1330.